The second kappa shape index (κ2) is 7.97. The predicted molar refractivity (Wildman–Crippen MR) is 84.9 cm³/mol. The molecule has 3 N–H and O–H groups in total. The van der Waals surface area contributed by atoms with E-state index in [4.69, 9.17) is 28.9 Å². The van der Waals surface area contributed by atoms with Crippen LogP contribution in [0.25, 0.3) is 11.0 Å². The van der Waals surface area contributed by atoms with Gasteiger partial charge in [0.25, 0.3) is 0 Å². The normalized spacial score (nSPS) is 14.2. The van der Waals surface area contributed by atoms with Gasteiger partial charge in [-0.1, -0.05) is 18.0 Å². The van der Waals surface area contributed by atoms with E-state index >= 15 is 0 Å². The molecule has 2 atom stereocenters. The first kappa shape index (κ1) is 17.3. The van der Waals surface area contributed by atoms with Gasteiger partial charge in [0.15, 0.2) is 5.15 Å². The molecule has 0 saturated heterocycles. The molecule has 120 valence electrons. The largest absolute Gasteiger partial charge is 0.389 e. The molecule has 8 heteroatoms. The Balaban J connectivity index is 1.92. The summed E-state index contributed by atoms with van der Waals surface area (Å²) in [7, 11) is 0. The van der Waals surface area contributed by atoms with E-state index in [9.17, 15) is 9.50 Å². The molecule has 0 fully saturated rings. The highest BCUT2D eigenvalue weighted by Crippen LogP contribution is 2.21. The molecule has 0 aliphatic heterocycles. The number of hydrogen-bond donors (Lipinski definition) is 2. The predicted octanol–water partition coefficient (Wildman–Crippen LogP) is 2.70. The standard InChI is InChI=1S/C14H17Cl2FN4O/c15-13-12-10(20-14(16)21-13)6-5-8(19-12)3-1-2-4-9(18)11(22)7-17/h5-6,9,11,22H,1-4,7,18H2/t9-,11?/m1/s1. The summed E-state index contributed by atoms with van der Waals surface area (Å²) in [6.45, 7) is -0.811. The average molecular weight is 347 g/mol. The highest BCUT2D eigenvalue weighted by atomic mass is 35.5. The Morgan fingerprint density at radius 2 is 1.95 bits per heavy atom. The lowest BCUT2D eigenvalue weighted by Crippen LogP contribution is -2.35. The van der Waals surface area contributed by atoms with E-state index < -0.39 is 18.8 Å². The van der Waals surface area contributed by atoms with Gasteiger partial charge in [0, 0.05) is 11.7 Å². The van der Waals surface area contributed by atoms with Crippen LogP contribution in [-0.2, 0) is 6.42 Å². The van der Waals surface area contributed by atoms with Crippen molar-refractivity contribution in [1.29, 1.82) is 0 Å². The van der Waals surface area contributed by atoms with Crippen LogP contribution in [0.3, 0.4) is 0 Å². The number of hydrogen-bond acceptors (Lipinski definition) is 5. The molecule has 0 saturated carbocycles. The monoisotopic (exact) mass is 346 g/mol. The van der Waals surface area contributed by atoms with Crippen molar-refractivity contribution < 1.29 is 9.50 Å². The fraction of sp³-hybridized carbons (Fsp3) is 0.500. The Bertz CT molecular complexity index is 644. The topological polar surface area (TPSA) is 84.9 Å². The van der Waals surface area contributed by atoms with Gasteiger partial charge in [-0.15, -0.1) is 0 Å². The molecule has 0 radical (unpaired) electrons. The number of aryl methyl sites for hydroxylation is 1. The smallest absolute Gasteiger partial charge is 0.224 e. The van der Waals surface area contributed by atoms with Crippen LogP contribution in [0.1, 0.15) is 25.0 Å². The quantitative estimate of drug-likeness (QED) is 0.457. The summed E-state index contributed by atoms with van der Waals surface area (Å²) in [5.74, 6) is 0. The van der Waals surface area contributed by atoms with Gasteiger partial charge in [0.05, 0.1) is 11.6 Å². The maximum absolute atomic E-state index is 12.3. The molecule has 22 heavy (non-hydrogen) atoms. The van der Waals surface area contributed by atoms with E-state index in [1.165, 1.54) is 0 Å². The molecule has 2 aromatic heterocycles. The molecule has 2 heterocycles. The first-order valence-electron chi connectivity index (χ1n) is 6.99. The van der Waals surface area contributed by atoms with Crippen LogP contribution in [0.2, 0.25) is 10.4 Å². The Morgan fingerprint density at radius 3 is 2.68 bits per heavy atom. The van der Waals surface area contributed by atoms with Crippen molar-refractivity contribution in [3.8, 4) is 0 Å². The van der Waals surface area contributed by atoms with Crippen molar-refractivity contribution >= 4 is 34.2 Å². The Hall–Kier alpha value is -1.08. The number of rotatable bonds is 7. The van der Waals surface area contributed by atoms with Crippen molar-refractivity contribution in [2.24, 2.45) is 5.73 Å². The molecular formula is C14H17Cl2FN4O. The number of nitrogens with zero attached hydrogens (tertiary/aromatic N) is 3. The SMILES string of the molecule is N[C@H](CCCCc1ccc2nc(Cl)nc(Cl)c2n1)C(O)CF. The third-order valence-corrected chi connectivity index (χ3v) is 3.84. The fourth-order valence-electron chi connectivity index (χ4n) is 2.12. The summed E-state index contributed by atoms with van der Waals surface area (Å²) in [6, 6.07) is 3.13. The van der Waals surface area contributed by atoms with Crippen molar-refractivity contribution in [2.45, 2.75) is 37.8 Å². The number of pyridine rings is 1. The molecule has 0 bridgehead atoms. The zero-order valence-corrected chi connectivity index (χ0v) is 13.4. The van der Waals surface area contributed by atoms with Gasteiger partial charge in [0.1, 0.15) is 12.2 Å². The summed E-state index contributed by atoms with van der Waals surface area (Å²) in [4.78, 5) is 12.3. The minimum Gasteiger partial charge on any atom is -0.389 e. The summed E-state index contributed by atoms with van der Waals surface area (Å²) >= 11 is 11.7. The number of aromatic nitrogens is 3. The number of fused-ring (bicyclic) bond motifs is 1. The molecule has 0 aromatic carbocycles. The summed E-state index contributed by atoms with van der Waals surface area (Å²) in [5, 5.41) is 9.58. The third kappa shape index (κ3) is 4.46. The first-order chi connectivity index (χ1) is 10.5. The molecule has 0 aliphatic carbocycles. The van der Waals surface area contributed by atoms with Gasteiger partial charge in [-0.25, -0.2) is 19.3 Å². The fourth-order valence-corrected chi connectivity index (χ4v) is 2.56. The lowest BCUT2D eigenvalue weighted by atomic mass is 10.0. The molecule has 5 nitrogen and oxygen atoms in total. The van der Waals surface area contributed by atoms with Crippen molar-refractivity contribution in [1.82, 2.24) is 15.0 Å². The average Bonchev–Trinajstić information content (AvgIpc) is 2.50. The molecule has 0 aliphatic rings. The molecule has 2 aromatic rings. The van der Waals surface area contributed by atoms with Crippen LogP contribution in [-0.4, -0.2) is 38.9 Å². The van der Waals surface area contributed by atoms with E-state index in [2.05, 4.69) is 15.0 Å². The molecule has 0 spiro atoms. The van der Waals surface area contributed by atoms with Gasteiger partial charge in [0.2, 0.25) is 5.28 Å². The zero-order valence-electron chi connectivity index (χ0n) is 11.8. The first-order valence-corrected chi connectivity index (χ1v) is 7.75. The molecular weight excluding hydrogens is 330 g/mol. The van der Waals surface area contributed by atoms with E-state index in [1.54, 1.807) is 6.07 Å². The molecule has 1 unspecified atom stereocenters. The van der Waals surface area contributed by atoms with Crippen molar-refractivity contribution in [3.63, 3.8) is 0 Å². The highest BCUT2D eigenvalue weighted by molar-refractivity contribution is 6.35. The lowest BCUT2D eigenvalue weighted by molar-refractivity contribution is 0.109. The summed E-state index contributed by atoms with van der Waals surface area (Å²) in [5.41, 5.74) is 7.64. The van der Waals surface area contributed by atoms with Crippen LogP contribution in [0.4, 0.5) is 4.39 Å². The van der Waals surface area contributed by atoms with Gasteiger partial charge in [-0.3, -0.25) is 0 Å². The van der Waals surface area contributed by atoms with E-state index in [-0.39, 0.29) is 10.4 Å². The van der Waals surface area contributed by atoms with Gasteiger partial charge in [-0.05, 0) is 43.0 Å². The minimum absolute atomic E-state index is 0.0902. The van der Waals surface area contributed by atoms with Gasteiger partial charge >= 0.3 is 0 Å². The summed E-state index contributed by atoms with van der Waals surface area (Å²) < 4.78 is 12.3. The molecule has 2 rings (SSSR count). The van der Waals surface area contributed by atoms with Crippen LogP contribution in [0.15, 0.2) is 12.1 Å². The van der Waals surface area contributed by atoms with Crippen LogP contribution >= 0.6 is 23.2 Å². The summed E-state index contributed by atoms with van der Waals surface area (Å²) in [6.07, 6.45) is 1.82. The van der Waals surface area contributed by atoms with Crippen LogP contribution in [0.5, 0.6) is 0 Å². The second-order valence-electron chi connectivity index (χ2n) is 5.09. The second-order valence-corrected chi connectivity index (χ2v) is 5.78. The van der Waals surface area contributed by atoms with E-state index in [0.29, 0.717) is 17.5 Å². The van der Waals surface area contributed by atoms with Crippen molar-refractivity contribution in [3.05, 3.63) is 28.3 Å². The number of aliphatic hydroxyl groups excluding tert-OH is 1. The maximum Gasteiger partial charge on any atom is 0.224 e. The van der Waals surface area contributed by atoms with Gasteiger partial charge in [-0.2, -0.15) is 0 Å². The van der Waals surface area contributed by atoms with E-state index in [1.807, 2.05) is 6.07 Å². The minimum atomic E-state index is -1.08. The highest BCUT2D eigenvalue weighted by Gasteiger charge is 2.13. The number of unbranched alkanes of at least 4 members (excludes halogenated alkanes) is 1. The Labute approximate surface area is 137 Å². The third-order valence-electron chi connectivity index (χ3n) is 3.40. The number of alkyl halides is 1. The van der Waals surface area contributed by atoms with E-state index in [0.717, 1.165) is 25.0 Å². The number of nitrogens with two attached hydrogens (primary N) is 1. The maximum atomic E-state index is 12.3. The molecule has 0 amide bonds. The Morgan fingerprint density at radius 1 is 1.18 bits per heavy atom. The van der Waals surface area contributed by atoms with Crippen molar-refractivity contribution in [2.75, 3.05) is 6.67 Å². The lowest BCUT2D eigenvalue weighted by Gasteiger charge is -2.15. The zero-order chi connectivity index (χ0) is 16.1. The van der Waals surface area contributed by atoms with Gasteiger partial charge < -0.3 is 10.8 Å². The number of aliphatic hydroxyl groups is 1. The Kier molecular flexibility index (Phi) is 6.26. The van der Waals surface area contributed by atoms with Crippen LogP contribution in [0, 0.1) is 0 Å². The van der Waals surface area contributed by atoms with Crippen LogP contribution < -0.4 is 5.73 Å². The number of halogens is 3.